The lowest BCUT2D eigenvalue weighted by Gasteiger charge is -2.20. The Morgan fingerprint density at radius 2 is 1.75 bits per heavy atom. The van der Waals surface area contributed by atoms with E-state index in [1.54, 1.807) is 7.11 Å². The third-order valence-electron chi connectivity index (χ3n) is 2.94. The second-order valence-corrected chi connectivity index (χ2v) is 4.53. The molecule has 1 rings (SSSR count). The number of hydrogen-bond acceptors (Lipinski definition) is 4. The minimum Gasteiger partial charge on any atom is -0.490 e. The molecule has 0 aliphatic carbocycles. The molecule has 0 saturated heterocycles. The number of benzene rings is 1. The summed E-state index contributed by atoms with van der Waals surface area (Å²) in [6, 6.07) is 6.26. The van der Waals surface area contributed by atoms with Crippen LogP contribution in [0.1, 0.15) is 38.8 Å². The summed E-state index contributed by atoms with van der Waals surface area (Å²) in [4.78, 5) is 0. The van der Waals surface area contributed by atoms with Crippen molar-refractivity contribution in [1.29, 1.82) is 0 Å². The molecule has 0 saturated carbocycles. The van der Waals surface area contributed by atoms with Crippen LogP contribution >= 0.6 is 0 Å². The minimum atomic E-state index is 0.176. The van der Waals surface area contributed by atoms with Crippen molar-refractivity contribution in [2.45, 2.75) is 33.2 Å². The van der Waals surface area contributed by atoms with Gasteiger partial charge in [-0.3, -0.25) is 0 Å². The minimum absolute atomic E-state index is 0.176. The van der Waals surface area contributed by atoms with Gasteiger partial charge in [-0.15, -0.1) is 0 Å². The van der Waals surface area contributed by atoms with Gasteiger partial charge >= 0.3 is 0 Å². The van der Waals surface area contributed by atoms with Crippen LogP contribution in [0.4, 0.5) is 0 Å². The van der Waals surface area contributed by atoms with Crippen LogP contribution in [0.2, 0.25) is 0 Å². The van der Waals surface area contributed by atoms with Crippen molar-refractivity contribution in [1.82, 2.24) is 5.32 Å². The van der Waals surface area contributed by atoms with Gasteiger partial charge in [0, 0.05) is 7.11 Å². The van der Waals surface area contributed by atoms with Gasteiger partial charge in [0.1, 0.15) is 0 Å². The number of nitrogens with one attached hydrogen (secondary N) is 1. The van der Waals surface area contributed by atoms with Gasteiger partial charge in [0.05, 0.1) is 25.9 Å². The van der Waals surface area contributed by atoms with E-state index in [2.05, 4.69) is 18.3 Å². The zero-order chi connectivity index (χ0) is 14.8. The molecule has 0 aliphatic heterocycles. The van der Waals surface area contributed by atoms with Crippen LogP contribution in [-0.4, -0.2) is 33.5 Å². The molecule has 0 radical (unpaired) electrons. The van der Waals surface area contributed by atoms with Gasteiger partial charge in [0.25, 0.3) is 0 Å². The van der Waals surface area contributed by atoms with Crippen molar-refractivity contribution in [2.75, 3.05) is 33.5 Å². The summed E-state index contributed by atoms with van der Waals surface area (Å²) in [6.07, 6.45) is 1.09. The molecule has 0 heterocycles. The average molecular weight is 281 g/mol. The SMILES string of the molecule is CCCNC(COC)c1ccc(OCC)c(OCC)c1. The lowest BCUT2D eigenvalue weighted by Crippen LogP contribution is -2.26. The van der Waals surface area contributed by atoms with Crippen molar-refractivity contribution in [2.24, 2.45) is 0 Å². The van der Waals surface area contributed by atoms with Crippen molar-refractivity contribution in [3.63, 3.8) is 0 Å². The molecule has 4 nitrogen and oxygen atoms in total. The molecule has 0 amide bonds. The Hall–Kier alpha value is -1.26. The van der Waals surface area contributed by atoms with E-state index in [4.69, 9.17) is 14.2 Å². The Bertz CT molecular complexity index is 382. The van der Waals surface area contributed by atoms with Crippen LogP contribution in [-0.2, 0) is 4.74 Å². The Morgan fingerprint density at radius 3 is 2.35 bits per heavy atom. The van der Waals surface area contributed by atoms with E-state index < -0.39 is 0 Å². The number of hydrogen-bond donors (Lipinski definition) is 1. The highest BCUT2D eigenvalue weighted by atomic mass is 16.5. The Labute approximate surface area is 122 Å². The third-order valence-corrected chi connectivity index (χ3v) is 2.94. The maximum absolute atomic E-state index is 5.67. The molecule has 1 unspecified atom stereocenters. The first-order valence-electron chi connectivity index (χ1n) is 7.38. The second-order valence-electron chi connectivity index (χ2n) is 4.53. The van der Waals surface area contributed by atoms with Crippen LogP contribution < -0.4 is 14.8 Å². The topological polar surface area (TPSA) is 39.7 Å². The monoisotopic (exact) mass is 281 g/mol. The maximum atomic E-state index is 5.67. The van der Waals surface area contributed by atoms with E-state index in [0.717, 1.165) is 30.0 Å². The summed E-state index contributed by atoms with van der Waals surface area (Å²) in [5.74, 6) is 1.59. The quantitative estimate of drug-likeness (QED) is 0.715. The highest BCUT2D eigenvalue weighted by Crippen LogP contribution is 2.30. The molecule has 4 heteroatoms. The van der Waals surface area contributed by atoms with Gasteiger partial charge in [-0.2, -0.15) is 0 Å². The normalized spacial score (nSPS) is 12.2. The van der Waals surface area contributed by atoms with Gasteiger partial charge in [-0.05, 0) is 44.5 Å². The molecular formula is C16H27NO3. The van der Waals surface area contributed by atoms with Gasteiger partial charge in [0.15, 0.2) is 11.5 Å². The average Bonchev–Trinajstić information content (AvgIpc) is 2.46. The first-order chi connectivity index (χ1) is 9.76. The van der Waals surface area contributed by atoms with Crippen LogP contribution in [0.3, 0.4) is 0 Å². The van der Waals surface area contributed by atoms with Crippen molar-refractivity contribution >= 4 is 0 Å². The first-order valence-corrected chi connectivity index (χ1v) is 7.38. The fourth-order valence-corrected chi connectivity index (χ4v) is 2.04. The van der Waals surface area contributed by atoms with Crippen molar-refractivity contribution in [3.8, 4) is 11.5 Å². The molecule has 1 atom stereocenters. The molecule has 1 N–H and O–H groups in total. The maximum Gasteiger partial charge on any atom is 0.161 e. The summed E-state index contributed by atoms with van der Waals surface area (Å²) >= 11 is 0. The fourth-order valence-electron chi connectivity index (χ4n) is 2.04. The molecule has 0 fully saturated rings. The molecule has 0 bridgehead atoms. The van der Waals surface area contributed by atoms with E-state index in [0.29, 0.717) is 19.8 Å². The van der Waals surface area contributed by atoms with Crippen LogP contribution in [0.25, 0.3) is 0 Å². The molecule has 1 aromatic carbocycles. The fraction of sp³-hybridized carbons (Fsp3) is 0.625. The van der Waals surface area contributed by atoms with Crippen molar-refractivity contribution in [3.05, 3.63) is 23.8 Å². The predicted octanol–water partition coefficient (Wildman–Crippen LogP) is 3.17. The zero-order valence-electron chi connectivity index (χ0n) is 13.1. The van der Waals surface area contributed by atoms with E-state index in [-0.39, 0.29) is 6.04 Å². The lowest BCUT2D eigenvalue weighted by atomic mass is 10.1. The molecular weight excluding hydrogens is 254 g/mol. The largest absolute Gasteiger partial charge is 0.490 e. The summed E-state index contributed by atoms with van der Waals surface area (Å²) in [6.45, 7) is 8.96. The summed E-state index contributed by atoms with van der Waals surface area (Å²) < 4.78 is 16.6. The van der Waals surface area contributed by atoms with E-state index >= 15 is 0 Å². The zero-order valence-corrected chi connectivity index (χ0v) is 13.1. The summed E-state index contributed by atoms with van der Waals surface area (Å²) in [5, 5.41) is 3.49. The number of ether oxygens (including phenoxy) is 3. The Balaban J connectivity index is 2.93. The van der Waals surface area contributed by atoms with Gasteiger partial charge in [-0.1, -0.05) is 13.0 Å². The molecule has 1 aromatic rings. The predicted molar refractivity (Wildman–Crippen MR) is 81.7 cm³/mol. The molecule has 0 spiro atoms. The summed E-state index contributed by atoms with van der Waals surface area (Å²) in [7, 11) is 1.72. The Morgan fingerprint density at radius 1 is 1.05 bits per heavy atom. The van der Waals surface area contributed by atoms with E-state index in [1.807, 2.05) is 26.0 Å². The summed E-state index contributed by atoms with van der Waals surface area (Å²) in [5.41, 5.74) is 1.16. The standard InChI is InChI=1S/C16H27NO3/c1-5-10-17-14(12-18-4)13-8-9-15(19-6-2)16(11-13)20-7-3/h8-9,11,14,17H,5-7,10,12H2,1-4H3. The lowest BCUT2D eigenvalue weighted by molar-refractivity contribution is 0.167. The highest BCUT2D eigenvalue weighted by molar-refractivity contribution is 5.44. The molecule has 114 valence electrons. The van der Waals surface area contributed by atoms with E-state index in [1.165, 1.54) is 0 Å². The van der Waals surface area contributed by atoms with Crippen LogP contribution in [0.15, 0.2) is 18.2 Å². The number of rotatable bonds is 10. The van der Waals surface area contributed by atoms with Gasteiger partial charge in [0.2, 0.25) is 0 Å². The van der Waals surface area contributed by atoms with Crippen molar-refractivity contribution < 1.29 is 14.2 Å². The molecule has 0 aliphatic rings. The van der Waals surface area contributed by atoms with Crippen LogP contribution in [0, 0.1) is 0 Å². The highest BCUT2D eigenvalue weighted by Gasteiger charge is 2.14. The smallest absolute Gasteiger partial charge is 0.161 e. The molecule has 20 heavy (non-hydrogen) atoms. The van der Waals surface area contributed by atoms with Crippen LogP contribution in [0.5, 0.6) is 11.5 Å². The molecule has 0 aromatic heterocycles. The van der Waals surface area contributed by atoms with E-state index in [9.17, 15) is 0 Å². The first kappa shape index (κ1) is 16.8. The Kier molecular flexibility index (Phi) is 8.07. The van der Waals surface area contributed by atoms with Gasteiger partial charge < -0.3 is 19.5 Å². The second kappa shape index (κ2) is 9.61. The number of methoxy groups -OCH3 is 1. The third kappa shape index (κ3) is 5.02. The van der Waals surface area contributed by atoms with Gasteiger partial charge in [-0.25, -0.2) is 0 Å².